The van der Waals surface area contributed by atoms with Crippen LogP contribution in [0.4, 0.5) is 0 Å². The number of nitrogens with zero attached hydrogens (tertiary/aromatic N) is 4. The molecule has 1 aromatic rings. The molecule has 0 aliphatic heterocycles. The molecule has 0 spiro atoms. The van der Waals surface area contributed by atoms with Gasteiger partial charge in [-0.1, -0.05) is 6.92 Å². The van der Waals surface area contributed by atoms with Crippen molar-refractivity contribution in [2.75, 3.05) is 7.11 Å². The molecule has 0 amide bonds. The van der Waals surface area contributed by atoms with E-state index in [1.165, 1.54) is 7.11 Å². The van der Waals surface area contributed by atoms with Crippen molar-refractivity contribution in [1.29, 1.82) is 10.5 Å². The van der Waals surface area contributed by atoms with Crippen LogP contribution in [0.15, 0.2) is 12.5 Å². The number of carbonyl (C=O) groups is 1. The van der Waals surface area contributed by atoms with E-state index in [9.17, 15) is 15.3 Å². The van der Waals surface area contributed by atoms with E-state index in [1.807, 2.05) is 12.1 Å². The number of hydrogen-bond donors (Lipinski definition) is 0. The van der Waals surface area contributed by atoms with Gasteiger partial charge in [0.15, 0.2) is 5.41 Å². The number of nitriles is 2. The summed E-state index contributed by atoms with van der Waals surface area (Å²) in [5, 5.41) is 18.6. The standard InChI is InChI=1S/C13H16N4O2/c1-4-13(7-14,8-15)11(12(18)19-3)5-10-6-16-9-17(10)2/h6,9,11H,4-5H2,1-3H3/t11-/m1/s1. The van der Waals surface area contributed by atoms with Gasteiger partial charge in [0, 0.05) is 25.4 Å². The van der Waals surface area contributed by atoms with Gasteiger partial charge in [0.1, 0.15) is 0 Å². The van der Waals surface area contributed by atoms with Gasteiger partial charge in [0.25, 0.3) is 0 Å². The van der Waals surface area contributed by atoms with Crippen LogP contribution in [-0.4, -0.2) is 22.6 Å². The number of aryl methyl sites for hydroxylation is 1. The minimum Gasteiger partial charge on any atom is -0.469 e. The molecule has 6 nitrogen and oxygen atoms in total. The number of imidazole rings is 1. The summed E-state index contributed by atoms with van der Waals surface area (Å²) in [4.78, 5) is 15.9. The zero-order valence-electron chi connectivity index (χ0n) is 11.3. The number of hydrogen-bond acceptors (Lipinski definition) is 5. The SMILES string of the molecule is CCC(C#N)(C#N)[C@H](Cc1cncn1C)C(=O)OC. The Morgan fingerprint density at radius 3 is 2.58 bits per heavy atom. The normalized spacial score (nSPS) is 12.3. The molecule has 19 heavy (non-hydrogen) atoms. The summed E-state index contributed by atoms with van der Waals surface area (Å²) in [5.41, 5.74) is -0.601. The minimum absolute atomic E-state index is 0.248. The Bertz CT molecular complexity index is 522. The second-order valence-corrected chi connectivity index (χ2v) is 4.32. The van der Waals surface area contributed by atoms with Crippen molar-refractivity contribution in [3.63, 3.8) is 0 Å². The summed E-state index contributed by atoms with van der Waals surface area (Å²) in [5.74, 6) is -1.38. The molecule has 0 aromatic carbocycles. The van der Waals surface area contributed by atoms with Gasteiger partial charge < -0.3 is 9.30 Å². The Kier molecular flexibility index (Phi) is 4.66. The van der Waals surface area contributed by atoms with Crippen LogP contribution < -0.4 is 0 Å². The maximum Gasteiger partial charge on any atom is 0.311 e. The highest BCUT2D eigenvalue weighted by atomic mass is 16.5. The predicted molar refractivity (Wildman–Crippen MR) is 66.4 cm³/mol. The van der Waals surface area contributed by atoms with Crippen molar-refractivity contribution >= 4 is 5.97 Å². The van der Waals surface area contributed by atoms with Gasteiger partial charge in [-0.2, -0.15) is 10.5 Å². The van der Waals surface area contributed by atoms with E-state index >= 15 is 0 Å². The summed E-state index contributed by atoms with van der Waals surface area (Å²) in [6.07, 6.45) is 3.73. The van der Waals surface area contributed by atoms with E-state index in [0.29, 0.717) is 0 Å². The molecule has 0 aliphatic carbocycles. The zero-order valence-corrected chi connectivity index (χ0v) is 11.3. The molecule has 0 aliphatic rings. The van der Waals surface area contributed by atoms with Crippen LogP contribution in [0.25, 0.3) is 0 Å². The highest BCUT2D eigenvalue weighted by molar-refractivity contribution is 5.75. The van der Waals surface area contributed by atoms with E-state index in [0.717, 1.165) is 5.69 Å². The topological polar surface area (TPSA) is 91.7 Å². The molecule has 0 bridgehead atoms. The van der Waals surface area contributed by atoms with Gasteiger partial charge in [-0.25, -0.2) is 4.98 Å². The fourth-order valence-electron chi connectivity index (χ4n) is 1.98. The van der Waals surface area contributed by atoms with Crippen LogP contribution >= 0.6 is 0 Å². The molecule has 100 valence electrons. The summed E-state index contributed by atoms with van der Waals surface area (Å²) in [6.45, 7) is 1.71. The van der Waals surface area contributed by atoms with Gasteiger partial charge in [-0.05, 0) is 6.42 Å². The number of aromatic nitrogens is 2. The van der Waals surface area contributed by atoms with Crippen molar-refractivity contribution in [2.45, 2.75) is 19.8 Å². The molecule has 1 atom stereocenters. The first kappa shape index (κ1) is 14.7. The Morgan fingerprint density at radius 2 is 2.21 bits per heavy atom. The first-order valence-corrected chi connectivity index (χ1v) is 5.90. The third-order valence-corrected chi connectivity index (χ3v) is 3.37. The summed E-state index contributed by atoms with van der Waals surface area (Å²) in [6, 6.07) is 3.94. The third kappa shape index (κ3) is 2.74. The lowest BCUT2D eigenvalue weighted by molar-refractivity contribution is -0.148. The van der Waals surface area contributed by atoms with E-state index in [-0.39, 0.29) is 12.8 Å². The molecule has 1 heterocycles. The number of rotatable bonds is 5. The van der Waals surface area contributed by atoms with E-state index in [2.05, 4.69) is 4.98 Å². The molecular weight excluding hydrogens is 244 g/mol. The van der Waals surface area contributed by atoms with Crippen molar-refractivity contribution in [3.8, 4) is 12.1 Å². The van der Waals surface area contributed by atoms with Crippen LogP contribution in [-0.2, 0) is 23.0 Å². The molecule has 0 unspecified atom stereocenters. The van der Waals surface area contributed by atoms with Crippen LogP contribution in [0.3, 0.4) is 0 Å². The molecular formula is C13H16N4O2. The van der Waals surface area contributed by atoms with E-state index < -0.39 is 17.3 Å². The Morgan fingerprint density at radius 1 is 1.58 bits per heavy atom. The summed E-state index contributed by atoms with van der Waals surface area (Å²) >= 11 is 0. The molecule has 6 heteroatoms. The average molecular weight is 260 g/mol. The third-order valence-electron chi connectivity index (χ3n) is 3.37. The van der Waals surface area contributed by atoms with Crippen LogP contribution in [0.5, 0.6) is 0 Å². The molecule has 0 saturated carbocycles. The van der Waals surface area contributed by atoms with Crippen molar-refractivity contribution < 1.29 is 9.53 Å². The number of esters is 1. The van der Waals surface area contributed by atoms with Gasteiger partial charge in [0.2, 0.25) is 0 Å². The molecule has 1 rings (SSSR count). The summed E-state index contributed by atoms with van der Waals surface area (Å²) in [7, 11) is 3.05. The van der Waals surface area contributed by atoms with Crippen LogP contribution in [0, 0.1) is 34.0 Å². The Labute approximate surface area is 112 Å². The van der Waals surface area contributed by atoms with Gasteiger partial charge in [0.05, 0.1) is 31.5 Å². The molecule has 0 N–H and O–H groups in total. The van der Waals surface area contributed by atoms with Crippen LogP contribution in [0.2, 0.25) is 0 Å². The van der Waals surface area contributed by atoms with Gasteiger partial charge in [-0.15, -0.1) is 0 Å². The van der Waals surface area contributed by atoms with E-state index in [4.69, 9.17) is 4.74 Å². The molecule has 0 fully saturated rings. The largest absolute Gasteiger partial charge is 0.469 e. The maximum atomic E-state index is 11.9. The number of ether oxygens (including phenoxy) is 1. The monoisotopic (exact) mass is 260 g/mol. The predicted octanol–water partition coefficient (Wildman–Crippen LogP) is 1.20. The minimum atomic E-state index is -1.38. The highest BCUT2D eigenvalue weighted by Crippen LogP contribution is 2.33. The lowest BCUT2D eigenvalue weighted by Crippen LogP contribution is -2.36. The Balaban J connectivity index is 3.17. The fraction of sp³-hybridized carbons (Fsp3) is 0.538. The van der Waals surface area contributed by atoms with Gasteiger partial charge in [-0.3, -0.25) is 4.79 Å². The fourth-order valence-corrected chi connectivity index (χ4v) is 1.98. The first-order valence-electron chi connectivity index (χ1n) is 5.90. The number of methoxy groups -OCH3 is 1. The van der Waals surface area contributed by atoms with Crippen molar-refractivity contribution in [2.24, 2.45) is 18.4 Å². The maximum absolute atomic E-state index is 11.9. The number of carbonyl (C=O) groups excluding carboxylic acids is 1. The molecule has 1 aromatic heterocycles. The second-order valence-electron chi connectivity index (χ2n) is 4.32. The van der Waals surface area contributed by atoms with Gasteiger partial charge >= 0.3 is 5.97 Å². The average Bonchev–Trinajstić information content (AvgIpc) is 2.84. The molecule has 0 saturated heterocycles. The van der Waals surface area contributed by atoms with Crippen molar-refractivity contribution in [3.05, 3.63) is 18.2 Å². The highest BCUT2D eigenvalue weighted by Gasteiger charge is 2.44. The lowest BCUT2D eigenvalue weighted by Gasteiger charge is -2.25. The summed E-state index contributed by atoms with van der Waals surface area (Å²) < 4.78 is 6.50. The second kappa shape index (κ2) is 6.01. The first-order chi connectivity index (χ1) is 9.04. The van der Waals surface area contributed by atoms with Crippen LogP contribution in [0.1, 0.15) is 19.0 Å². The van der Waals surface area contributed by atoms with Crippen molar-refractivity contribution in [1.82, 2.24) is 9.55 Å². The zero-order chi connectivity index (χ0) is 14.5. The molecule has 0 radical (unpaired) electrons. The Hall–Kier alpha value is -2.34. The smallest absolute Gasteiger partial charge is 0.311 e. The van der Waals surface area contributed by atoms with E-state index in [1.54, 1.807) is 31.1 Å². The lowest BCUT2D eigenvalue weighted by atomic mass is 9.73. The quantitative estimate of drug-likeness (QED) is 0.741.